The molecule has 1 heterocycles. The van der Waals surface area contributed by atoms with Crippen LogP contribution in [0.4, 0.5) is 0 Å². The summed E-state index contributed by atoms with van der Waals surface area (Å²) in [7, 11) is -3.67. The normalized spacial score (nSPS) is 23.2. The highest BCUT2D eigenvalue weighted by atomic mass is 32.2. The molecule has 7 heteroatoms. The lowest BCUT2D eigenvalue weighted by Gasteiger charge is -2.10. The van der Waals surface area contributed by atoms with Gasteiger partial charge in [-0.15, -0.1) is 0 Å². The van der Waals surface area contributed by atoms with Crippen molar-refractivity contribution >= 4 is 10.0 Å². The third-order valence-electron chi connectivity index (χ3n) is 4.77. The van der Waals surface area contributed by atoms with Crippen molar-refractivity contribution in [3.05, 3.63) is 41.5 Å². The van der Waals surface area contributed by atoms with E-state index in [1.807, 2.05) is 32.9 Å². The summed E-state index contributed by atoms with van der Waals surface area (Å²) in [6.45, 7) is 10.4. The van der Waals surface area contributed by atoms with Gasteiger partial charge in [0.25, 0.3) is 0 Å². The molecule has 0 aliphatic heterocycles. The average molecular weight is 349 g/mol. The Hall–Kier alpha value is -1.73. The molecular weight excluding hydrogens is 326 g/mol. The summed E-state index contributed by atoms with van der Waals surface area (Å²) in [6.07, 6.45) is 0. The van der Waals surface area contributed by atoms with Crippen molar-refractivity contribution in [2.45, 2.75) is 56.8 Å². The number of nitrogens with two attached hydrogens (primary N) is 1. The minimum Gasteiger partial charge on any atom is -0.339 e. The highest BCUT2D eigenvalue weighted by molar-refractivity contribution is 7.89. The molecule has 0 spiro atoms. The molecule has 2 aromatic rings. The van der Waals surface area contributed by atoms with E-state index in [9.17, 15) is 8.42 Å². The molecule has 1 fully saturated rings. The second-order valence-corrected chi connectivity index (χ2v) is 9.66. The molecule has 6 nitrogen and oxygen atoms in total. The van der Waals surface area contributed by atoms with Gasteiger partial charge in [0.1, 0.15) is 0 Å². The average Bonchev–Trinajstić information content (AvgIpc) is 2.83. The Kier molecular flexibility index (Phi) is 3.66. The molecule has 1 aliphatic rings. The van der Waals surface area contributed by atoms with Crippen molar-refractivity contribution in [2.75, 3.05) is 0 Å². The van der Waals surface area contributed by atoms with E-state index < -0.39 is 10.0 Å². The fourth-order valence-corrected chi connectivity index (χ4v) is 3.77. The van der Waals surface area contributed by atoms with Crippen LogP contribution in [0.5, 0.6) is 0 Å². The first-order valence-corrected chi connectivity index (χ1v) is 9.44. The van der Waals surface area contributed by atoms with Crippen LogP contribution in [0.3, 0.4) is 0 Å². The van der Waals surface area contributed by atoms with Crippen molar-refractivity contribution in [1.29, 1.82) is 0 Å². The molecular formula is C17H23N3O3S. The first-order chi connectivity index (χ1) is 10.9. The summed E-state index contributed by atoms with van der Waals surface area (Å²) in [5.41, 5.74) is 0.867. The van der Waals surface area contributed by atoms with Gasteiger partial charge in [0.2, 0.25) is 15.9 Å². The zero-order valence-corrected chi connectivity index (χ0v) is 15.4. The molecule has 130 valence electrons. The highest BCUT2D eigenvalue weighted by Crippen LogP contribution is 2.69. The van der Waals surface area contributed by atoms with E-state index in [2.05, 4.69) is 24.0 Å². The van der Waals surface area contributed by atoms with E-state index in [1.165, 1.54) is 0 Å². The van der Waals surface area contributed by atoms with Gasteiger partial charge in [-0.25, -0.2) is 13.6 Å². The number of hydrogen-bond donors (Lipinski definition) is 1. The van der Waals surface area contributed by atoms with Crippen LogP contribution >= 0.6 is 0 Å². The van der Waals surface area contributed by atoms with Crippen LogP contribution < -0.4 is 5.14 Å². The van der Waals surface area contributed by atoms with Crippen molar-refractivity contribution < 1.29 is 12.9 Å². The van der Waals surface area contributed by atoms with Crippen molar-refractivity contribution in [3.63, 3.8) is 0 Å². The summed E-state index contributed by atoms with van der Waals surface area (Å²) >= 11 is 0. The largest absolute Gasteiger partial charge is 0.339 e. The van der Waals surface area contributed by atoms with Crippen LogP contribution in [0.1, 0.15) is 63.7 Å². The molecule has 0 amide bonds. The second kappa shape index (κ2) is 5.13. The van der Waals surface area contributed by atoms with E-state index in [0.717, 1.165) is 5.56 Å². The smallest absolute Gasteiger partial charge is 0.238 e. The summed E-state index contributed by atoms with van der Waals surface area (Å²) in [5.74, 6) is 1.68. The van der Waals surface area contributed by atoms with E-state index in [4.69, 9.17) is 9.66 Å². The molecule has 1 saturated carbocycles. The monoisotopic (exact) mass is 349 g/mol. The maximum Gasteiger partial charge on any atom is 0.238 e. The number of hydrogen-bond acceptors (Lipinski definition) is 5. The first kappa shape index (κ1) is 17.1. The lowest BCUT2D eigenvalue weighted by atomic mass is 9.96. The summed E-state index contributed by atoms with van der Waals surface area (Å²) in [4.78, 5) is 4.70. The Morgan fingerprint density at radius 1 is 1.12 bits per heavy atom. The fraction of sp³-hybridized carbons (Fsp3) is 0.529. The van der Waals surface area contributed by atoms with Gasteiger partial charge in [0, 0.05) is 11.3 Å². The second-order valence-electron chi connectivity index (χ2n) is 8.10. The molecule has 1 aromatic heterocycles. The minimum atomic E-state index is -3.67. The van der Waals surface area contributed by atoms with Gasteiger partial charge < -0.3 is 4.52 Å². The molecule has 0 radical (unpaired) electrons. The summed E-state index contributed by atoms with van der Waals surface area (Å²) in [6, 6.07) is 6.72. The third kappa shape index (κ3) is 2.86. The molecule has 2 N–H and O–H groups in total. The fourth-order valence-electron chi connectivity index (χ4n) is 3.25. The molecule has 1 aromatic carbocycles. The van der Waals surface area contributed by atoms with Crippen molar-refractivity contribution in [2.24, 2.45) is 10.6 Å². The third-order valence-corrected chi connectivity index (χ3v) is 5.70. The van der Waals surface area contributed by atoms with Gasteiger partial charge in [-0.2, -0.15) is 4.98 Å². The Bertz CT molecular complexity index is 861. The van der Waals surface area contributed by atoms with Crippen LogP contribution in [-0.2, 0) is 15.4 Å². The Balaban J connectivity index is 1.89. The number of benzene rings is 1. The van der Waals surface area contributed by atoms with Crippen molar-refractivity contribution in [3.8, 4) is 0 Å². The maximum atomic E-state index is 11.4. The number of nitrogens with zero attached hydrogens (tertiary/aromatic N) is 2. The molecule has 0 bridgehead atoms. The lowest BCUT2D eigenvalue weighted by molar-refractivity contribution is 0.354. The van der Waals surface area contributed by atoms with Crippen LogP contribution in [0, 0.1) is 5.41 Å². The van der Waals surface area contributed by atoms with Crippen molar-refractivity contribution in [1.82, 2.24) is 10.1 Å². The standard InChI is InChI=1S/C17H23N3O3S/c1-16(2,3)15-19-14(23-20-15)13-12(17(13,4)5)10-6-8-11(9-7-10)24(18,21)22/h6-9,12-13H,1-5H3,(H2,18,21,22)/t12-,13+/m0/s1. The zero-order valence-electron chi connectivity index (χ0n) is 14.6. The molecule has 0 saturated heterocycles. The summed E-state index contributed by atoms with van der Waals surface area (Å²) < 4.78 is 28.3. The van der Waals surface area contributed by atoms with E-state index in [-0.39, 0.29) is 27.6 Å². The number of sulfonamides is 1. The van der Waals surface area contributed by atoms with Gasteiger partial charge in [-0.1, -0.05) is 51.9 Å². The number of rotatable bonds is 3. The van der Waals surface area contributed by atoms with Gasteiger partial charge in [-0.05, 0) is 23.1 Å². The van der Waals surface area contributed by atoms with E-state index >= 15 is 0 Å². The van der Waals surface area contributed by atoms with Crippen LogP contribution in [-0.4, -0.2) is 18.6 Å². The van der Waals surface area contributed by atoms with E-state index in [0.29, 0.717) is 11.7 Å². The SMILES string of the molecule is CC(C)(C)c1noc([C@H]2[C@H](c3ccc(S(N)(=O)=O)cc3)C2(C)C)n1. The first-order valence-electron chi connectivity index (χ1n) is 7.89. The predicted molar refractivity (Wildman–Crippen MR) is 90.1 cm³/mol. The Morgan fingerprint density at radius 3 is 2.17 bits per heavy atom. The van der Waals surface area contributed by atoms with Crippen LogP contribution in [0.25, 0.3) is 0 Å². The zero-order chi connectivity index (χ0) is 17.9. The molecule has 2 atom stereocenters. The number of aromatic nitrogens is 2. The maximum absolute atomic E-state index is 11.4. The van der Waals surface area contributed by atoms with Gasteiger partial charge in [-0.3, -0.25) is 0 Å². The molecule has 3 rings (SSSR count). The minimum absolute atomic E-state index is 0.0230. The topological polar surface area (TPSA) is 99.1 Å². The number of primary sulfonamides is 1. The molecule has 24 heavy (non-hydrogen) atoms. The summed E-state index contributed by atoms with van der Waals surface area (Å²) in [5, 5.41) is 9.26. The van der Waals surface area contributed by atoms with Crippen LogP contribution in [0.15, 0.2) is 33.7 Å². The van der Waals surface area contributed by atoms with Gasteiger partial charge >= 0.3 is 0 Å². The predicted octanol–water partition coefficient (Wildman–Crippen LogP) is 2.92. The quantitative estimate of drug-likeness (QED) is 0.918. The Labute approximate surface area is 142 Å². The van der Waals surface area contributed by atoms with Gasteiger partial charge in [0.15, 0.2) is 5.82 Å². The lowest BCUT2D eigenvalue weighted by Crippen LogP contribution is -2.13. The molecule has 0 unspecified atom stereocenters. The Morgan fingerprint density at radius 2 is 1.71 bits per heavy atom. The van der Waals surface area contributed by atoms with E-state index in [1.54, 1.807) is 12.1 Å². The van der Waals surface area contributed by atoms with Crippen LogP contribution in [0.2, 0.25) is 0 Å². The van der Waals surface area contributed by atoms with Gasteiger partial charge in [0.05, 0.1) is 10.8 Å². The highest BCUT2D eigenvalue weighted by Gasteiger charge is 2.62. The molecule has 1 aliphatic carbocycles.